The van der Waals surface area contributed by atoms with Crippen molar-refractivity contribution in [3.63, 3.8) is 0 Å². The molecule has 110 valence electrons. The Hall–Kier alpha value is -1.84. The highest BCUT2D eigenvalue weighted by atomic mass is 16.2. The molecule has 0 atom stereocenters. The van der Waals surface area contributed by atoms with Crippen molar-refractivity contribution in [2.75, 3.05) is 19.6 Å². The molecule has 4 heteroatoms. The van der Waals surface area contributed by atoms with Crippen molar-refractivity contribution in [2.45, 2.75) is 33.6 Å². The van der Waals surface area contributed by atoms with Gasteiger partial charge in [-0.25, -0.2) is 0 Å². The Balaban J connectivity index is 2.79. The molecule has 0 saturated carbocycles. The molecule has 0 aliphatic heterocycles. The van der Waals surface area contributed by atoms with Crippen LogP contribution in [0, 0.1) is 0 Å². The Morgan fingerprint density at radius 1 is 1.10 bits per heavy atom. The average Bonchev–Trinajstić information content (AvgIpc) is 2.48. The van der Waals surface area contributed by atoms with Gasteiger partial charge in [-0.05, 0) is 38.5 Å². The smallest absolute Gasteiger partial charge is 0.253 e. The third-order valence-corrected chi connectivity index (χ3v) is 3.24. The summed E-state index contributed by atoms with van der Waals surface area (Å²) in [6.07, 6.45) is 2.00. The van der Waals surface area contributed by atoms with E-state index < -0.39 is 0 Å². The largest absolute Gasteiger partial charge is 0.352 e. The van der Waals surface area contributed by atoms with Gasteiger partial charge in [0.2, 0.25) is 0 Å². The van der Waals surface area contributed by atoms with E-state index >= 15 is 0 Å². The fourth-order valence-corrected chi connectivity index (χ4v) is 1.97. The monoisotopic (exact) mass is 276 g/mol. The van der Waals surface area contributed by atoms with Crippen molar-refractivity contribution >= 4 is 11.8 Å². The fraction of sp³-hybridized carbons (Fsp3) is 0.500. The lowest BCUT2D eigenvalue weighted by atomic mass is 10.1. The SMILES string of the molecule is CCCCNC(=O)c1cccc(C(=O)N(CC)CC)c1. The number of nitrogens with one attached hydrogen (secondary N) is 1. The normalized spacial score (nSPS) is 10.2. The second-order valence-electron chi connectivity index (χ2n) is 4.67. The van der Waals surface area contributed by atoms with Crippen LogP contribution in [0.5, 0.6) is 0 Å². The molecule has 20 heavy (non-hydrogen) atoms. The number of amides is 2. The number of unbranched alkanes of at least 4 members (excludes halogenated alkanes) is 1. The number of carbonyl (C=O) groups is 2. The highest BCUT2D eigenvalue weighted by Crippen LogP contribution is 2.09. The maximum absolute atomic E-state index is 12.2. The third-order valence-electron chi connectivity index (χ3n) is 3.24. The van der Waals surface area contributed by atoms with Crippen LogP contribution < -0.4 is 5.32 Å². The topological polar surface area (TPSA) is 49.4 Å². The summed E-state index contributed by atoms with van der Waals surface area (Å²) in [4.78, 5) is 25.9. The van der Waals surface area contributed by atoms with Gasteiger partial charge in [-0.1, -0.05) is 19.4 Å². The van der Waals surface area contributed by atoms with E-state index in [-0.39, 0.29) is 11.8 Å². The van der Waals surface area contributed by atoms with Crippen molar-refractivity contribution in [1.29, 1.82) is 0 Å². The van der Waals surface area contributed by atoms with Crippen LogP contribution in [0.2, 0.25) is 0 Å². The third kappa shape index (κ3) is 4.37. The van der Waals surface area contributed by atoms with Crippen LogP contribution in [0.4, 0.5) is 0 Å². The molecule has 4 nitrogen and oxygen atoms in total. The van der Waals surface area contributed by atoms with Crippen molar-refractivity contribution in [1.82, 2.24) is 10.2 Å². The van der Waals surface area contributed by atoms with Crippen LogP contribution >= 0.6 is 0 Å². The zero-order valence-electron chi connectivity index (χ0n) is 12.6. The lowest BCUT2D eigenvalue weighted by Crippen LogP contribution is -2.31. The van der Waals surface area contributed by atoms with Crippen molar-refractivity contribution in [3.05, 3.63) is 35.4 Å². The number of hydrogen-bond acceptors (Lipinski definition) is 2. The van der Waals surface area contributed by atoms with Gasteiger partial charge in [0.15, 0.2) is 0 Å². The molecule has 0 aliphatic carbocycles. The highest BCUT2D eigenvalue weighted by molar-refractivity contribution is 5.99. The van der Waals surface area contributed by atoms with E-state index in [1.54, 1.807) is 29.2 Å². The van der Waals surface area contributed by atoms with Gasteiger partial charge in [0.05, 0.1) is 0 Å². The maximum atomic E-state index is 12.2. The molecule has 0 heterocycles. The number of benzene rings is 1. The van der Waals surface area contributed by atoms with E-state index in [2.05, 4.69) is 12.2 Å². The molecule has 0 radical (unpaired) electrons. The minimum atomic E-state index is -0.118. The molecule has 2 amide bonds. The first-order chi connectivity index (χ1) is 9.63. The molecule has 0 saturated heterocycles. The molecule has 1 aromatic carbocycles. The van der Waals surface area contributed by atoms with Gasteiger partial charge in [0, 0.05) is 30.8 Å². The summed E-state index contributed by atoms with van der Waals surface area (Å²) < 4.78 is 0. The molecular formula is C16H24N2O2. The Morgan fingerprint density at radius 2 is 1.75 bits per heavy atom. The lowest BCUT2D eigenvalue weighted by molar-refractivity contribution is 0.0773. The summed E-state index contributed by atoms with van der Waals surface area (Å²) >= 11 is 0. The van der Waals surface area contributed by atoms with Crippen LogP contribution in [-0.4, -0.2) is 36.3 Å². The van der Waals surface area contributed by atoms with Crippen LogP contribution in [0.25, 0.3) is 0 Å². The van der Waals surface area contributed by atoms with Gasteiger partial charge in [-0.15, -0.1) is 0 Å². The van der Waals surface area contributed by atoms with E-state index in [1.165, 1.54) is 0 Å². The Bertz CT molecular complexity index is 454. The summed E-state index contributed by atoms with van der Waals surface area (Å²) in [5, 5.41) is 2.86. The Labute approximate surface area is 121 Å². The zero-order valence-corrected chi connectivity index (χ0v) is 12.6. The highest BCUT2D eigenvalue weighted by Gasteiger charge is 2.14. The first kappa shape index (κ1) is 16.2. The molecule has 0 bridgehead atoms. The Morgan fingerprint density at radius 3 is 2.35 bits per heavy atom. The van der Waals surface area contributed by atoms with Gasteiger partial charge in [-0.3, -0.25) is 9.59 Å². The van der Waals surface area contributed by atoms with Crippen molar-refractivity contribution in [2.24, 2.45) is 0 Å². The van der Waals surface area contributed by atoms with Gasteiger partial charge < -0.3 is 10.2 Å². The molecule has 1 rings (SSSR count). The Kier molecular flexibility index (Phi) is 6.77. The summed E-state index contributed by atoms with van der Waals surface area (Å²) in [6.45, 7) is 7.98. The van der Waals surface area contributed by atoms with E-state index in [9.17, 15) is 9.59 Å². The fourth-order valence-electron chi connectivity index (χ4n) is 1.97. The zero-order chi connectivity index (χ0) is 15.0. The number of carbonyl (C=O) groups excluding carboxylic acids is 2. The van der Waals surface area contributed by atoms with Crippen LogP contribution in [0.1, 0.15) is 54.3 Å². The second-order valence-corrected chi connectivity index (χ2v) is 4.67. The first-order valence-electron chi connectivity index (χ1n) is 7.31. The first-order valence-corrected chi connectivity index (χ1v) is 7.31. The minimum Gasteiger partial charge on any atom is -0.352 e. The van der Waals surface area contributed by atoms with Crippen LogP contribution in [0.3, 0.4) is 0 Å². The van der Waals surface area contributed by atoms with Crippen LogP contribution in [0.15, 0.2) is 24.3 Å². The van der Waals surface area contributed by atoms with Crippen molar-refractivity contribution in [3.8, 4) is 0 Å². The molecule has 1 N–H and O–H groups in total. The standard InChI is InChI=1S/C16H24N2O2/c1-4-7-11-17-15(19)13-9-8-10-14(12-13)16(20)18(5-2)6-3/h8-10,12H,4-7,11H2,1-3H3,(H,17,19). The molecule has 0 fully saturated rings. The van der Waals surface area contributed by atoms with Gasteiger partial charge in [0.1, 0.15) is 0 Å². The summed E-state index contributed by atoms with van der Waals surface area (Å²) in [5.74, 6) is -0.147. The lowest BCUT2D eigenvalue weighted by Gasteiger charge is -2.18. The van der Waals surface area contributed by atoms with Crippen molar-refractivity contribution < 1.29 is 9.59 Å². The van der Waals surface area contributed by atoms with E-state index in [0.717, 1.165) is 12.8 Å². The molecule has 0 unspecified atom stereocenters. The van der Waals surface area contributed by atoms with Gasteiger partial charge >= 0.3 is 0 Å². The second kappa shape index (κ2) is 8.35. The molecular weight excluding hydrogens is 252 g/mol. The van der Waals surface area contributed by atoms with E-state index in [1.807, 2.05) is 13.8 Å². The molecule has 1 aromatic rings. The number of hydrogen-bond donors (Lipinski definition) is 1. The number of rotatable bonds is 7. The van der Waals surface area contributed by atoms with Crippen LogP contribution in [-0.2, 0) is 0 Å². The quantitative estimate of drug-likeness (QED) is 0.778. The number of nitrogens with zero attached hydrogens (tertiary/aromatic N) is 1. The van der Waals surface area contributed by atoms with Gasteiger partial charge in [-0.2, -0.15) is 0 Å². The minimum absolute atomic E-state index is 0.0294. The summed E-state index contributed by atoms with van der Waals surface area (Å²) in [5.41, 5.74) is 1.11. The maximum Gasteiger partial charge on any atom is 0.253 e. The summed E-state index contributed by atoms with van der Waals surface area (Å²) in [7, 11) is 0. The van der Waals surface area contributed by atoms with Gasteiger partial charge in [0.25, 0.3) is 11.8 Å². The summed E-state index contributed by atoms with van der Waals surface area (Å²) in [6, 6.07) is 6.91. The molecule has 0 spiro atoms. The van der Waals surface area contributed by atoms with E-state index in [4.69, 9.17) is 0 Å². The molecule has 0 aliphatic rings. The average molecular weight is 276 g/mol. The molecule has 0 aromatic heterocycles. The predicted octanol–water partition coefficient (Wildman–Crippen LogP) is 2.70. The van der Waals surface area contributed by atoms with E-state index in [0.29, 0.717) is 30.8 Å². The predicted molar refractivity (Wildman–Crippen MR) is 80.9 cm³/mol.